The summed E-state index contributed by atoms with van der Waals surface area (Å²) in [6, 6.07) is -0.332. The molecular weight excluding hydrogens is 212 g/mol. The molecule has 1 rings (SSSR count). The highest BCUT2D eigenvalue weighted by Crippen LogP contribution is 2.28. The zero-order valence-corrected chi connectivity index (χ0v) is 11.4. The molecule has 1 unspecified atom stereocenters. The molecule has 3 N–H and O–H groups in total. The fourth-order valence-electron chi connectivity index (χ4n) is 2.65. The third-order valence-electron chi connectivity index (χ3n) is 3.63. The number of nitrogens with one attached hydrogen (secondary N) is 1. The lowest BCUT2D eigenvalue weighted by Crippen LogP contribution is -2.41. The maximum absolute atomic E-state index is 11.6. The highest BCUT2D eigenvalue weighted by molar-refractivity contribution is 5.81. The molecule has 17 heavy (non-hydrogen) atoms. The third kappa shape index (κ3) is 6.06. The van der Waals surface area contributed by atoms with Crippen LogP contribution in [0.5, 0.6) is 0 Å². The van der Waals surface area contributed by atoms with Crippen molar-refractivity contribution in [3.8, 4) is 0 Å². The average Bonchev–Trinajstić information content (AvgIpc) is 2.75. The second-order valence-electron chi connectivity index (χ2n) is 5.82. The minimum Gasteiger partial charge on any atom is -0.355 e. The molecule has 0 aromatic carbocycles. The Morgan fingerprint density at radius 2 is 2.00 bits per heavy atom. The molecule has 0 heterocycles. The lowest BCUT2D eigenvalue weighted by Gasteiger charge is -2.14. The summed E-state index contributed by atoms with van der Waals surface area (Å²) in [5.41, 5.74) is 5.81. The molecule has 100 valence electrons. The predicted octanol–water partition coefficient (Wildman–Crippen LogP) is 2.45. The Hall–Kier alpha value is -0.570. The Balaban J connectivity index is 2.02. The lowest BCUT2D eigenvalue weighted by atomic mass is 10.0. The van der Waals surface area contributed by atoms with Crippen molar-refractivity contribution in [2.45, 2.75) is 64.8 Å². The van der Waals surface area contributed by atoms with Crippen LogP contribution in [0.1, 0.15) is 58.8 Å². The zero-order chi connectivity index (χ0) is 12.7. The van der Waals surface area contributed by atoms with E-state index < -0.39 is 0 Å². The van der Waals surface area contributed by atoms with Gasteiger partial charge in [0.1, 0.15) is 0 Å². The average molecular weight is 240 g/mol. The van der Waals surface area contributed by atoms with Gasteiger partial charge in [-0.15, -0.1) is 0 Å². The molecule has 0 radical (unpaired) electrons. The van der Waals surface area contributed by atoms with Gasteiger partial charge in [0.15, 0.2) is 0 Å². The fraction of sp³-hybridized carbons (Fsp3) is 0.929. The maximum Gasteiger partial charge on any atom is 0.236 e. The van der Waals surface area contributed by atoms with Crippen LogP contribution in [0.15, 0.2) is 0 Å². The molecule has 1 amide bonds. The second kappa shape index (κ2) is 7.70. The van der Waals surface area contributed by atoms with Crippen molar-refractivity contribution in [1.29, 1.82) is 0 Å². The number of hydrogen-bond donors (Lipinski definition) is 2. The van der Waals surface area contributed by atoms with E-state index in [2.05, 4.69) is 19.2 Å². The van der Waals surface area contributed by atoms with Crippen molar-refractivity contribution in [3.05, 3.63) is 0 Å². The van der Waals surface area contributed by atoms with Crippen molar-refractivity contribution in [2.75, 3.05) is 6.54 Å². The first-order valence-corrected chi connectivity index (χ1v) is 7.13. The summed E-state index contributed by atoms with van der Waals surface area (Å²) >= 11 is 0. The van der Waals surface area contributed by atoms with Crippen LogP contribution in [0.3, 0.4) is 0 Å². The Morgan fingerprint density at radius 1 is 1.35 bits per heavy atom. The van der Waals surface area contributed by atoms with Crippen molar-refractivity contribution >= 4 is 5.91 Å². The molecule has 3 heteroatoms. The van der Waals surface area contributed by atoms with Crippen LogP contribution < -0.4 is 11.1 Å². The Bertz CT molecular complexity index is 222. The van der Waals surface area contributed by atoms with E-state index in [0.717, 1.165) is 25.3 Å². The Labute approximate surface area is 106 Å². The molecule has 0 saturated heterocycles. The van der Waals surface area contributed by atoms with Crippen LogP contribution in [0.2, 0.25) is 0 Å². The molecule has 3 nitrogen and oxygen atoms in total. The molecule has 0 spiro atoms. The summed E-state index contributed by atoms with van der Waals surface area (Å²) in [7, 11) is 0. The minimum atomic E-state index is -0.332. The van der Waals surface area contributed by atoms with Crippen LogP contribution in [0.4, 0.5) is 0 Å². The molecule has 1 aliphatic carbocycles. The molecule has 1 atom stereocenters. The van der Waals surface area contributed by atoms with Crippen molar-refractivity contribution in [1.82, 2.24) is 5.32 Å². The van der Waals surface area contributed by atoms with Crippen LogP contribution in [0, 0.1) is 11.8 Å². The SMILES string of the molecule is CC(C)CC(N)C(=O)NCCCC1CCCC1. The van der Waals surface area contributed by atoms with Gasteiger partial charge in [-0.05, 0) is 31.1 Å². The predicted molar refractivity (Wildman–Crippen MR) is 71.6 cm³/mol. The number of carbonyl (C=O) groups is 1. The van der Waals surface area contributed by atoms with Gasteiger partial charge in [0, 0.05) is 6.54 Å². The lowest BCUT2D eigenvalue weighted by molar-refractivity contribution is -0.122. The number of amides is 1. The molecule has 0 aromatic rings. The van der Waals surface area contributed by atoms with Gasteiger partial charge < -0.3 is 11.1 Å². The number of carbonyl (C=O) groups excluding carboxylic acids is 1. The molecule has 0 aromatic heterocycles. The van der Waals surface area contributed by atoms with E-state index in [4.69, 9.17) is 5.73 Å². The standard InChI is InChI=1S/C14H28N2O/c1-11(2)10-13(15)14(17)16-9-5-8-12-6-3-4-7-12/h11-13H,3-10,15H2,1-2H3,(H,16,17). The van der Waals surface area contributed by atoms with E-state index >= 15 is 0 Å². The van der Waals surface area contributed by atoms with Gasteiger partial charge in [0.2, 0.25) is 5.91 Å². The summed E-state index contributed by atoms with van der Waals surface area (Å²) in [4.78, 5) is 11.6. The number of rotatable bonds is 7. The van der Waals surface area contributed by atoms with Gasteiger partial charge >= 0.3 is 0 Å². The largest absolute Gasteiger partial charge is 0.355 e. The van der Waals surface area contributed by atoms with Gasteiger partial charge in [0.25, 0.3) is 0 Å². The summed E-state index contributed by atoms with van der Waals surface area (Å²) in [6.45, 7) is 4.97. The first-order chi connectivity index (χ1) is 8.09. The van der Waals surface area contributed by atoms with Gasteiger partial charge in [-0.3, -0.25) is 4.79 Å². The molecule has 0 aliphatic heterocycles. The van der Waals surface area contributed by atoms with E-state index in [1.807, 2.05) is 0 Å². The van der Waals surface area contributed by atoms with E-state index in [1.165, 1.54) is 32.1 Å². The number of hydrogen-bond acceptors (Lipinski definition) is 2. The highest BCUT2D eigenvalue weighted by atomic mass is 16.2. The van der Waals surface area contributed by atoms with E-state index in [0.29, 0.717) is 5.92 Å². The van der Waals surface area contributed by atoms with Gasteiger partial charge in [-0.1, -0.05) is 39.5 Å². The van der Waals surface area contributed by atoms with E-state index in [-0.39, 0.29) is 11.9 Å². The van der Waals surface area contributed by atoms with Crippen molar-refractivity contribution < 1.29 is 4.79 Å². The van der Waals surface area contributed by atoms with Gasteiger partial charge in [0.05, 0.1) is 6.04 Å². The second-order valence-corrected chi connectivity index (χ2v) is 5.82. The monoisotopic (exact) mass is 240 g/mol. The molecule has 0 bridgehead atoms. The summed E-state index contributed by atoms with van der Waals surface area (Å²) in [5.74, 6) is 1.41. The molecule has 1 saturated carbocycles. The van der Waals surface area contributed by atoms with E-state index in [9.17, 15) is 4.79 Å². The maximum atomic E-state index is 11.6. The first-order valence-electron chi connectivity index (χ1n) is 7.13. The third-order valence-corrected chi connectivity index (χ3v) is 3.63. The highest BCUT2D eigenvalue weighted by Gasteiger charge is 2.16. The quantitative estimate of drug-likeness (QED) is 0.672. The van der Waals surface area contributed by atoms with Crippen LogP contribution in [0.25, 0.3) is 0 Å². The first kappa shape index (κ1) is 14.5. The topological polar surface area (TPSA) is 55.1 Å². The molecule has 1 fully saturated rings. The van der Waals surface area contributed by atoms with Gasteiger partial charge in [-0.25, -0.2) is 0 Å². The summed E-state index contributed by atoms with van der Waals surface area (Å²) in [5, 5.41) is 2.95. The minimum absolute atomic E-state index is 0.0186. The van der Waals surface area contributed by atoms with Crippen LogP contribution in [-0.4, -0.2) is 18.5 Å². The smallest absolute Gasteiger partial charge is 0.236 e. The van der Waals surface area contributed by atoms with Crippen molar-refractivity contribution in [3.63, 3.8) is 0 Å². The molecule has 1 aliphatic rings. The number of nitrogens with two attached hydrogens (primary N) is 1. The van der Waals surface area contributed by atoms with Crippen LogP contribution in [-0.2, 0) is 4.79 Å². The fourth-order valence-corrected chi connectivity index (χ4v) is 2.65. The Morgan fingerprint density at radius 3 is 2.59 bits per heavy atom. The van der Waals surface area contributed by atoms with Crippen LogP contribution >= 0.6 is 0 Å². The van der Waals surface area contributed by atoms with E-state index in [1.54, 1.807) is 0 Å². The zero-order valence-electron chi connectivity index (χ0n) is 11.4. The van der Waals surface area contributed by atoms with Gasteiger partial charge in [-0.2, -0.15) is 0 Å². The van der Waals surface area contributed by atoms with Crippen molar-refractivity contribution in [2.24, 2.45) is 17.6 Å². The molecular formula is C14H28N2O. The summed E-state index contributed by atoms with van der Waals surface area (Å²) in [6.07, 6.45) is 8.72. The normalized spacial score (nSPS) is 18.6. The summed E-state index contributed by atoms with van der Waals surface area (Å²) < 4.78 is 0. The Kier molecular flexibility index (Phi) is 6.56.